The first kappa shape index (κ1) is 22.6. The second kappa shape index (κ2) is 8.66. The van der Waals surface area contributed by atoms with Crippen LogP contribution in [-0.4, -0.2) is 69.7 Å². The molecule has 2 saturated heterocycles. The number of nitrogens with zero attached hydrogens (tertiary/aromatic N) is 4. The summed E-state index contributed by atoms with van der Waals surface area (Å²) < 4.78 is 28.5. The third-order valence-corrected chi connectivity index (χ3v) is 7.17. The van der Waals surface area contributed by atoms with Gasteiger partial charge < -0.3 is 14.8 Å². The number of piperazine rings is 1. The van der Waals surface area contributed by atoms with Crippen LogP contribution >= 0.6 is 0 Å². The van der Waals surface area contributed by atoms with E-state index in [1.807, 2.05) is 4.90 Å². The molecule has 0 saturated carbocycles. The van der Waals surface area contributed by atoms with E-state index >= 15 is 4.39 Å². The standard InChI is InChI=1S/C25H24F2N6O3/c26-15-1-2-18-19(10-15)29-22(28-18)13-31-5-7-32(8-6-31)21-9-14-12-33(25(36)16(14)11-17(21)27)20-3-4-23(34)30-24(20)35/h1-2,9-11,20H,3-8,12-13H2,(H,28,29)(H,30,34,35). The Labute approximate surface area is 205 Å². The number of aromatic amines is 1. The second-order valence-corrected chi connectivity index (χ2v) is 9.47. The van der Waals surface area contributed by atoms with Crippen LogP contribution in [0.3, 0.4) is 0 Å². The number of rotatable bonds is 4. The first-order valence-electron chi connectivity index (χ1n) is 11.9. The van der Waals surface area contributed by atoms with Crippen molar-refractivity contribution >= 4 is 34.4 Å². The van der Waals surface area contributed by atoms with Crippen LogP contribution in [0.15, 0.2) is 30.3 Å². The van der Waals surface area contributed by atoms with Crippen LogP contribution in [0.4, 0.5) is 14.5 Å². The molecule has 1 aromatic heterocycles. The molecule has 3 aliphatic rings. The van der Waals surface area contributed by atoms with E-state index in [0.29, 0.717) is 49.5 Å². The molecule has 11 heteroatoms. The summed E-state index contributed by atoms with van der Waals surface area (Å²) in [5.41, 5.74) is 2.75. The van der Waals surface area contributed by atoms with E-state index in [-0.39, 0.29) is 42.6 Å². The first-order chi connectivity index (χ1) is 17.4. The van der Waals surface area contributed by atoms with Gasteiger partial charge >= 0.3 is 0 Å². The van der Waals surface area contributed by atoms with Gasteiger partial charge in [0.25, 0.3) is 5.91 Å². The van der Waals surface area contributed by atoms with Gasteiger partial charge in [0.2, 0.25) is 11.8 Å². The van der Waals surface area contributed by atoms with Gasteiger partial charge in [0.1, 0.15) is 23.5 Å². The SMILES string of the molecule is O=C1CCC(N2Cc3cc(N4CCN(Cc5nc6cc(F)ccc6[nH]5)CC4)c(F)cc3C2=O)C(=O)N1. The molecule has 0 aliphatic carbocycles. The minimum absolute atomic E-state index is 0.172. The van der Waals surface area contributed by atoms with Crippen molar-refractivity contribution in [1.82, 2.24) is 25.1 Å². The van der Waals surface area contributed by atoms with Crippen molar-refractivity contribution in [2.24, 2.45) is 0 Å². The monoisotopic (exact) mass is 494 g/mol. The summed E-state index contributed by atoms with van der Waals surface area (Å²) in [6.07, 6.45) is 0.438. The highest BCUT2D eigenvalue weighted by molar-refractivity contribution is 6.05. The third-order valence-electron chi connectivity index (χ3n) is 7.17. The lowest BCUT2D eigenvalue weighted by molar-refractivity contribution is -0.136. The Balaban J connectivity index is 1.13. The van der Waals surface area contributed by atoms with Gasteiger partial charge in [-0.15, -0.1) is 0 Å². The van der Waals surface area contributed by atoms with Gasteiger partial charge in [-0.05, 0) is 36.2 Å². The zero-order valence-electron chi connectivity index (χ0n) is 19.4. The largest absolute Gasteiger partial charge is 0.367 e. The first-order valence-corrected chi connectivity index (χ1v) is 11.9. The van der Waals surface area contributed by atoms with E-state index in [1.54, 1.807) is 12.1 Å². The number of carbonyl (C=O) groups excluding carboxylic acids is 3. The van der Waals surface area contributed by atoms with Crippen LogP contribution in [0.2, 0.25) is 0 Å². The van der Waals surface area contributed by atoms with E-state index in [0.717, 1.165) is 11.3 Å². The molecule has 3 amide bonds. The minimum Gasteiger partial charge on any atom is -0.367 e. The molecule has 0 bridgehead atoms. The summed E-state index contributed by atoms with van der Waals surface area (Å²) in [4.78, 5) is 49.9. The molecular formula is C25H24F2N6O3. The quantitative estimate of drug-likeness (QED) is 0.538. The van der Waals surface area contributed by atoms with E-state index in [9.17, 15) is 18.8 Å². The highest BCUT2D eigenvalue weighted by Crippen LogP contribution is 2.33. The number of imide groups is 1. The highest BCUT2D eigenvalue weighted by Gasteiger charge is 2.40. The maximum absolute atomic E-state index is 15.1. The number of fused-ring (bicyclic) bond motifs is 2. The number of anilines is 1. The van der Waals surface area contributed by atoms with E-state index in [1.165, 1.54) is 23.1 Å². The van der Waals surface area contributed by atoms with Crippen LogP contribution in [0.1, 0.15) is 34.6 Å². The molecule has 1 atom stereocenters. The maximum Gasteiger partial charge on any atom is 0.255 e. The van der Waals surface area contributed by atoms with Crippen molar-refractivity contribution in [3.05, 3.63) is 58.9 Å². The van der Waals surface area contributed by atoms with Crippen molar-refractivity contribution in [2.45, 2.75) is 32.0 Å². The van der Waals surface area contributed by atoms with Gasteiger partial charge in [0.15, 0.2) is 0 Å². The molecule has 6 rings (SSSR count). The summed E-state index contributed by atoms with van der Waals surface area (Å²) in [7, 11) is 0. The molecule has 4 heterocycles. The Morgan fingerprint density at radius 1 is 1.03 bits per heavy atom. The Morgan fingerprint density at radius 2 is 1.83 bits per heavy atom. The summed E-state index contributed by atoms with van der Waals surface area (Å²) in [6.45, 7) is 3.34. The van der Waals surface area contributed by atoms with Crippen molar-refractivity contribution in [3.63, 3.8) is 0 Å². The number of benzene rings is 2. The van der Waals surface area contributed by atoms with Crippen LogP contribution in [0, 0.1) is 11.6 Å². The average molecular weight is 495 g/mol. The fraction of sp³-hybridized carbons (Fsp3) is 0.360. The molecule has 9 nitrogen and oxygen atoms in total. The number of imidazole rings is 1. The topological polar surface area (TPSA) is 102 Å². The number of aromatic nitrogens is 2. The van der Waals surface area contributed by atoms with Gasteiger partial charge in [-0.2, -0.15) is 0 Å². The number of carbonyl (C=O) groups is 3. The maximum atomic E-state index is 15.1. The van der Waals surface area contributed by atoms with E-state index < -0.39 is 17.8 Å². The summed E-state index contributed by atoms with van der Waals surface area (Å²) in [5, 5.41) is 2.28. The number of hydrogen-bond acceptors (Lipinski definition) is 6. The molecular weight excluding hydrogens is 470 g/mol. The second-order valence-electron chi connectivity index (χ2n) is 9.47. The van der Waals surface area contributed by atoms with Crippen LogP contribution in [0.25, 0.3) is 11.0 Å². The molecule has 2 N–H and O–H groups in total. The fourth-order valence-electron chi connectivity index (χ4n) is 5.28. The van der Waals surface area contributed by atoms with Gasteiger partial charge in [-0.25, -0.2) is 13.8 Å². The molecule has 3 aromatic rings. The lowest BCUT2D eigenvalue weighted by Crippen LogP contribution is -2.52. The Hall–Kier alpha value is -3.86. The average Bonchev–Trinajstić information content (AvgIpc) is 3.39. The van der Waals surface area contributed by atoms with Gasteiger partial charge in [-0.1, -0.05) is 0 Å². The molecule has 186 valence electrons. The summed E-state index contributed by atoms with van der Waals surface area (Å²) in [6, 6.07) is 6.70. The zero-order valence-corrected chi connectivity index (χ0v) is 19.4. The summed E-state index contributed by atoms with van der Waals surface area (Å²) in [5.74, 6) is -1.27. The lowest BCUT2D eigenvalue weighted by atomic mass is 10.0. The zero-order chi connectivity index (χ0) is 25.0. The fourth-order valence-corrected chi connectivity index (χ4v) is 5.28. The molecule has 36 heavy (non-hydrogen) atoms. The molecule has 0 radical (unpaired) electrons. The van der Waals surface area contributed by atoms with Gasteiger partial charge in [0, 0.05) is 50.8 Å². The number of H-pyrrole nitrogens is 1. The van der Waals surface area contributed by atoms with Crippen molar-refractivity contribution in [1.29, 1.82) is 0 Å². The van der Waals surface area contributed by atoms with Crippen molar-refractivity contribution in [2.75, 3.05) is 31.1 Å². The van der Waals surface area contributed by atoms with Gasteiger partial charge in [0.05, 0.1) is 23.3 Å². The predicted octanol–water partition coefficient (Wildman–Crippen LogP) is 1.92. The molecule has 3 aliphatic heterocycles. The van der Waals surface area contributed by atoms with Crippen LogP contribution in [-0.2, 0) is 22.7 Å². The Morgan fingerprint density at radius 3 is 2.61 bits per heavy atom. The lowest BCUT2D eigenvalue weighted by Gasteiger charge is -2.36. The van der Waals surface area contributed by atoms with Crippen molar-refractivity contribution < 1.29 is 23.2 Å². The molecule has 0 spiro atoms. The number of piperidine rings is 1. The number of amides is 3. The normalized spacial score (nSPS) is 20.8. The van der Waals surface area contributed by atoms with E-state index in [2.05, 4.69) is 20.2 Å². The van der Waals surface area contributed by atoms with Gasteiger partial charge in [-0.3, -0.25) is 24.6 Å². The summed E-state index contributed by atoms with van der Waals surface area (Å²) >= 11 is 0. The van der Waals surface area contributed by atoms with Crippen LogP contribution < -0.4 is 10.2 Å². The Bertz CT molecular complexity index is 1400. The Kier molecular flexibility index (Phi) is 5.44. The smallest absolute Gasteiger partial charge is 0.255 e. The molecule has 1 unspecified atom stereocenters. The van der Waals surface area contributed by atoms with Crippen LogP contribution in [0.5, 0.6) is 0 Å². The number of hydrogen-bond donors (Lipinski definition) is 2. The highest BCUT2D eigenvalue weighted by atomic mass is 19.1. The van der Waals surface area contributed by atoms with Crippen molar-refractivity contribution in [3.8, 4) is 0 Å². The van der Waals surface area contributed by atoms with E-state index in [4.69, 9.17) is 0 Å². The minimum atomic E-state index is -0.729. The molecule has 2 fully saturated rings. The predicted molar refractivity (Wildman–Crippen MR) is 126 cm³/mol. The number of nitrogens with one attached hydrogen (secondary N) is 2. The number of halogens is 2. The molecule has 2 aromatic carbocycles. The third kappa shape index (κ3) is 3.98.